The number of hydrogen-bond acceptors (Lipinski definition) is 1. The first-order chi connectivity index (χ1) is 29.2. The van der Waals surface area contributed by atoms with E-state index in [0.29, 0.717) is 0 Å². The molecule has 0 spiro atoms. The van der Waals surface area contributed by atoms with Crippen LogP contribution in [0.15, 0.2) is 237 Å². The molecule has 0 heterocycles. The van der Waals surface area contributed by atoms with E-state index in [9.17, 15) is 0 Å². The maximum atomic E-state index is 2.45. The monoisotopic (exact) mass is 749 g/mol. The molecule has 0 atom stereocenters. The van der Waals surface area contributed by atoms with Gasteiger partial charge in [0, 0.05) is 16.9 Å². The molecule has 1 heteroatoms. The van der Waals surface area contributed by atoms with Crippen molar-refractivity contribution in [3.8, 4) is 44.5 Å². The van der Waals surface area contributed by atoms with Gasteiger partial charge in [0.05, 0.1) is 5.69 Å². The van der Waals surface area contributed by atoms with Gasteiger partial charge in [-0.05, 0) is 137 Å². The number of fused-ring (bicyclic) bond motifs is 4. The van der Waals surface area contributed by atoms with Crippen molar-refractivity contribution in [1.29, 1.82) is 0 Å². The Morgan fingerprint density at radius 1 is 0.203 bits per heavy atom. The fraction of sp³-hybridized carbons (Fsp3) is 0. The summed E-state index contributed by atoms with van der Waals surface area (Å²) in [6.07, 6.45) is 0. The molecule has 0 radical (unpaired) electrons. The summed E-state index contributed by atoms with van der Waals surface area (Å²) in [5, 5.41) is 9.89. The molecule has 0 aliphatic carbocycles. The molecule has 276 valence electrons. The molecule has 0 aliphatic rings. The summed E-state index contributed by atoms with van der Waals surface area (Å²) in [6.45, 7) is 0. The van der Waals surface area contributed by atoms with Gasteiger partial charge < -0.3 is 4.90 Å². The van der Waals surface area contributed by atoms with Gasteiger partial charge in [0.1, 0.15) is 0 Å². The molecule has 1 nitrogen and oxygen atoms in total. The molecular weight excluding hydrogens is 711 g/mol. The van der Waals surface area contributed by atoms with Crippen LogP contribution in [-0.2, 0) is 0 Å². The molecule has 0 aliphatic heterocycles. The van der Waals surface area contributed by atoms with Gasteiger partial charge in [-0.25, -0.2) is 0 Å². The Kier molecular flexibility index (Phi) is 8.56. The van der Waals surface area contributed by atoms with Gasteiger partial charge in [0.15, 0.2) is 0 Å². The quantitative estimate of drug-likeness (QED) is 0.157. The summed E-state index contributed by atoms with van der Waals surface area (Å²) in [6, 6.07) is 86.6. The van der Waals surface area contributed by atoms with Crippen LogP contribution in [0.3, 0.4) is 0 Å². The average molecular weight is 750 g/mol. The number of nitrogens with zero attached hydrogens (tertiary/aromatic N) is 1. The minimum atomic E-state index is 1.09. The van der Waals surface area contributed by atoms with Crippen LogP contribution in [0.2, 0.25) is 0 Å². The molecule has 11 aromatic carbocycles. The molecule has 0 unspecified atom stereocenters. The van der Waals surface area contributed by atoms with Gasteiger partial charge in [0.25, 0.3) is 0 Å². The van der Waals surface area contributed by atoms with E-state index in [1.165, 1.54) is 82.0 Å². The minimum Gasteiger partial charge on any atom is -0.310 e. The second kappa shape index (κ2) is 14.6. The molecule has 0 amide bonds. The summed E-state index contributed by atoms with van der Waals surface area (Å²) in [4.78, 5) is 2.45. The van der Waals surface area contributed by atoms with Crippen molar-refractivity contribution in [3.63, 3.8) is 0 Å². The molecule has 0 saturated heterocycles. The average Bonchev–Trinajstić information content (AvgIpc) is 3.31. The third-order valence-electron chi connectivity index (χ3n) is 11.8. The molecule has 0 saturated carbocycles. The minimum absolute atomic E-state index is 1.09. The smallest absolute Gasteiger partial charge is 0.0546 e. The predicted molar refractivity (Wildman–Crippen MR) is 253 cm³/mol. The molecule has 59 heavy (non-hydrogen) atoms. The third kappa shape index (κ3) is 6.59. The Hall–Kier alpha value is -7.74. The highest BCUT2D eigenvalue weighted by Crippen LogP contribution is 2.45. The van der Waals surface area contributed by atoms with E-state index in [4.69, 9.17) is 0 Å². The van der Waals surface area contributed by atoms with Crippen molar-refractivity contribution in [1.82, 2.24) is 0 Å². The maximum Gasteiger partial charge on any atom is 0.0546 e. The Balaban J connectivity index is 1.12. The Morgan fingerprint density at radius 3 is 1.08 bits per heavy atom. The van der Waals surface area contributed by atoms with Crippen LogP contribution >= 0.6 is 0 Å². The topological polar surface area (TPSA) is 3.24 Å². The fourth-order valence-electron chi connectivity index (χ4n) is 8.66. The molecule has 0 bridgehead atoms. The third-order valence-corrected chi connectivity index (χ3v) is 11.8. The van der Waals surface area contributed by atoms with E-state index in [2.05, 4.69) is 241 Å². The highest BCUT2D eigenvalue weighted by Gasteiger charge is 2.20. The van der Waals surface area contributed by atoms with Crippen LogP contribution in [0.25, 0.3) is 87.6 Å². The number of anilines is 3. The van der Waals surface area contributed by atoms with Crippen molar-refractivity contribution in [2.24, 2.45) is 0 Å². The number of benzene rings is 11. The normalized spacial score (nSPS) is 11.4. The lowest BCUT2D eigenvalue weighted by Crippen LogP contribution is -2.11. The summed E-state index contributed by atoms with van der Waals surface area (Å²) >= 11 is 0. The first kappa shape index (κ1) is 34.5. The summed E-state index contributed by atoms with van der Waals surface area (Å²) < 4.78 is 0. The highest BCUT2D eigenvalue weighted by molar-refractivity contribution is 5.97. The highest BCUT2D eigenvalue weighted by atomic mass is 15.1. The van der Waals surface area contributed by atoms with Crippen molar-refractivity contribution < 1.29 is 0 Å². The van der Waals surface area contributed by atoms with Crippen molar-refractivity contribution >= 4 is 60.2 Å². The van der Waals surface area contributed by atoms with Crippen LogP contribution in [-0.4, -0.2) is 0 Å². The molecule has 0 fully saturated rings. The van der Waals surface area contributed by atoms with Crippen molar-refractivity contribution in [2.75, 3.05) is 4.90 Å². The van der Waals surface area contributed by atoms with Gasteiger partial charge in [0.2, 0.25) is 0 Å². The molecule has 0 aromatic heterocycles. The first-order valence-corrected chi connectivity index (χ1v) is 20.3. The van der Waals surface area contributed by atoms with Crippen LogP contribution in [0.5, 0.6) is 0 Å². The second-order valence-corrected chi connectivity index (χ2v) is 15.4. The lowest BCUT2D eigenvalue weighted by Gasteiger charge is -2.29. The van der Waals surface area contributed by atoms with Crippen LogP contribution in [0.4, 0.5) is 17.1 Å². The molecule has 11 aromatic rings. The zero-order valence-electron chi connectivity index (χ0n) is 32.5. The lowest BCUT2D eigenvalue weighted by molar-refractivity contribution is 1.28. The summed E-state index contributed by atoms with van der Waals surface area (Å²) in [7, 11) is 0. The van der Waals surface area contributed by atoms with E-state index >= 15 is 0 Å². The summed E-state index contributed by atoms with van der Waals surface area (Å²) in [5.41, 5.74) is 12.7. The summed E-state index contributed by atoms with van der Waals surface area (Å²) in [5.74, 6) is 0. The predicted octanol–water partition coefficient (Wildman–Crippen LogP) is 16.4. The maximum absolute atomic E-state index is 2.45. The Labute approximate surface area is 344 Å². The van der Waals surface area contributed by atoms with Crippen LogP contribution in [0.1, 0.15) is 0 Å². The standard InChI is InChI=1S/C58H39N/c1-5-14-45-34-50(24-20-40(45)10-1)44-28-31-55(32-29-44)59(56-19-9-18-49(38-56)51-25-21-41-11-2-6-15-46(41)35-51)58-39-53(52-26-22-42-12-3-7-16-47(42)36-52)30-33-57(58)54-27-23-43-13-4-8-17-48(43)37-54/h1-39H. The molecule has 11 rings (SSSR count). The Bertz CT molecular complexity index is 3340. The lowest BCUT2D eigenvalue weighted by atomic mass is 9.94. The first-order valence-electron chi connectivity index (χ1n) is 20.3. The molecule has 0 N–H and O–H groups in total. The number of rotatable bonds is 7. The largest absolute Gasteiger partial charge is 0.310 e. The zero-order chi connectivity index (χ0) is 39.1. The second-order valence-electron chi connectivity index (χ2n) is 15.4. The van der Waals surface area contributed by atoms with E-state index in [-0.39, 0.29) is 0 Å². The fourth-order valence-corrected chi connectivity index (χ4v) is 8.66. The van der Waals surface area contributed by atoms with E-state index in [0.717, 1.165) is 22.6 Å². The van der Waals surface area contributed by atoms with E-state index < -0.39 is 0 Å². The van der Waals surface area contributed by atoms with Gasteiger partial charge in [-0.1, -0.05) is 182 Å². The van der Waals surface area contributed by atoms with Gasteiger partial charge in [-0.3, -0.25) is 0 Å². The van der Waals surface area contributed by atoms with Gasteiger partial charge in [-0.15, -0.1) is 0 Å². The van der Waals surface area contributed by atoms with Crippen LogP contribution < -0.4 is 4.90 Å². The van der Waals surface area contributed by atoms with Crippen molar-refractivity contribution in [2.45, 2.75) is 0 Å². The molecular formula is C58H39N. The van der Waals surface area contributed by atoms with Crippen molar-refractivity contribution in [3.05, 3.63) is 237 Å². The van der Waals surface area contributed by atoms with E-state index in [1.807, 2.05) is 0 Å². The number of hydrogen-bond donors (Lipinski definition) is 0. The van der Waals surface area contributed by atoms with Crippen LogP contribution in [0, 0.1) is 0 Å². The van der Waals surface area contributed by atoms with E-state index in [1.54, 1.807) is 0 Å². The van der Waals surface area contributed by atoms with Gasteiger partial charge in [-0.2, -0.15) is 0 Å². The van der Waals surface area contributed by atoms with Gasteiger partial charge >= 0.3 is 0 Å². The zero-order valence-corrected chi connectivity index (χ0v) is 32.5. The SMILES string of the molecule is c1cc(-c2ccc3ccccc3c2)cc(N(c2ccc(-c3ccc4ccccc4c3)cc2)c2cc(-c3ccc4ccccc4c3)ccc2-c2ccc3ccccc3c2)c1. The Morgan fingerprint density at radius 2 is 0.576 bits per heavy atom.